The molecule has 0 spiro atoms. The van der Waals surface area contributed by atoms with Crippen LogP contribution in [0.25, 0.3) is 0 Å². The van der Waals surface area contributed by atoms with Gasteiger partial charge in [0.25, 0.3) is 0 Å². The van der Waals surface area contributed by atoms with Crippen LogP contribution in [0.5, 0.6) is 5.75 Å². The SMILES string of the molecule is COc1ccc2c(c1)C(c1ccccc1F)NC(=O)N2CC1CC1. The van der Waals surface area contributed by atoms with Gasteiger partial charge in [0.05, 0.1) is 18.8 Å². The normalized spacial score (nSPS) is 19.7. The minimum absolute atomic E-state index is 0.173. The first kappa shape index (κ1) is 15.0. The van der Waals surface area contributed by atoms with E-state index in [2.05, 4.69) is 5.32 Å². The van der Waals surface area contributed by atoms with Crippen molar-refractivity contribution in [3.05, 3.63) is 59.4 Å². The second-order valence-electron chi connectivity index (χ2n) is 6.38. The molecule has 1 atom stereocenters. The van der Waals surface area contributed by atoms with Gasteiger partial charge in [-0.15, -0.1) is 0 Å². The number of methoxy groups -OCH3 is 1. The molecular formula is C19H19FN2O2. The summed E-state index contributed by atoms with van der Waals surface area (Å²) in [5.41, 5.74) is 2.16. The summed E-state index contributed by atoms with van der Waals surface area (Å²) >= 11 is 0. The van der Waals surface area contributed by atoms with E-state index in [1.807, 2.05) is 18.2 Å². The number of nitrogens with zero attached hydrogens (tertiary/aromatic N) is 1. The van der Waals surface area contributed by atoms with Gasteiger partial charge in [0.2, 0.25) is 0 Å². The topological polar surface area (TPSA) is 41.6 Å². The van der Waals surface area contributed by atoms with Crippen molar-refractivity contribution in [1.82, 2.24) is 5.32 Å². The largest absolute Gasteiger partial charge is 0.497 e. The average Bonchev–Trinajstić information content (AvgIpc) is 3.41. The minimum atomic E-state index is -0.515. The second-order valence-corrected chi connectivity index (χ2v) is 6.38. The smallest absolute Gasteiger partial charge is 0.322 e. The maximum absolute atomic E-state index is 14.3. The van der Waals surface area contributed by atoms with E-state index in [1.165, 1.54) is 6.07 Å². The summed E-state index contributed by atoms with van der Waals surface area (Å²) in [7, 11) is 1.60. The van der Waals surface area contributed by atoms with Gasteiger partial charge in [-0.3, -0.25) is 4.90 Å². The Morgan fingerprint density at radius 2 is 2.00 bits per heavy atom. The predicted molar refractivity (Wildman–Crippen MR) is 89.8 cm³/mol. The summed E-state index contributed by atoms with van der Waals surface area (Å²) in [5.74, 6) is 0.931. The molecule has 2 aromatic carbocycles. The molecule has 2 aliphatic rings. The molecular weight excluding hydrogens is 307 g/mol. The highest BCUT2D eigenvalue weighted by Crippen LogP contribution is 2.40. The molecule has 0 saturated heterocycles. The van der Waals surface area contributed by atoms with Crippen LogP contribution in [0.4, 0.5) is 14.9 Å². The van der Waals surface area contributed by atoms with Crippen LogP contribution in [0.3, 0.4) is 0 Å². The van der Waals surface area contributed by atoms with Gasteiger partial charge in [0.15, 0.2) is 0 Å². The lowest BCUT2D eigenvalue weighted by Gasteiger charge is -2.35. The summed E-state index contributed by atoms with van der Waals surface area (Å²) in [5, 5.41) is 2.96. The minimum Gasteiger partial charge on any atom is -0.497 e. The van der Waals surface area contributed by atoms with Crippen LogP contribution in [0.15, 0.2) is 42.5 Å². The number of amides is 2. The molecule has 0 radical (unpaired) electrons. The van der Waals surface area contributed by atoms with Crippen molar-refractivity contribution < 1.29 is 13.9 Å². The van der Waals surface area contributed by atoms with E-state index in [0.29, 0.717) is 23.8 Å². The maximum Gasteiger partial charge on any atom is 0.322 e. The van der Waals surface area contributed by atoms with Crippen LogP contribution in [0.2, 0.25) is 0 Å². The number of urea groups is 1. The number of ether oxygens (including phenoxy) is 1. The monoisotopic (exact) mass is 326 g/mol. The highest BCUT2D eigenvalue weighted by atomic mass is 19.1. The predicted octanol–water partition coefficient (Wildman–Crippen LogP) is 3.86. The molecule has 0 aromatic heterocycles. The first-order valence-electron chi connectivity index (χ1n) is 8.18. The fourth-order valence-electron chi connectivity index (χ4n) is 3.22. The van der Waals surface area contributed by atoms with Gasteiger partial charge in [-0.05, 0) is 43.0 Å². The number of hydrogen-bond donors (Lipinski definition) is 1. The third kappa shape index (κ3) is 2.60. The Morgan fingerprint density at radius 1 is 1.21 bits per heavy atom. The first-order chi connectivity index (χ1) is 11.7. The Morgan fingerprint density at radius 3 is 2.71 bits per heavy atom. The Balaban J connectivity index is 1.81. The highest BCUT2D eigenvalue weighted by Gasteiger charge is 2.36. The van der Waals surface area contributed by atoms with E-state index in [0.717, 1.165) is 24.1 Å². The summed E-state index contributed by atoms with van der Waals surface area (Å²) in [6.07, 6.45) is 2.32. The van der Waals surface area contributed by atoms with Crippen LogP contribution in [-0.4, -0.2) is 19.7 Å². The van der Waals surface area contributed by atoms with Crippen molar-refractivity contribution in [2.75, 3.05) is 18.6 Å². The molecule has 24 heavy (non-hydrogen) atoms. The summed E-state index contributed by atoms with van der Waals surface area (Å²) in [4.78, 5) is 14.4. The molecule has 1 aliphatic carbocycles. The fraction of sp³-hybridized carbons (Fsp3) is 0.316. The molecule has 124 valence electrons. The molecule has 4 rings (SSSR count). The number of carbonyl (C=O) groups excluding carboxylic acids is 1. The molecule has 2 aromatic rings. The number of anilines is 1. The Bertz CT molecular complexity index is 789. The van der Waals surface area contributed by atoms with Gasteiger partial charge in [0.1, 0.15) is 11.6 Å². The Kier molecular flexibility index (Phi) is 3.63. The van der Waals surface area contributed by atoms with Gasteiger partial charge in [-0.1, -0.05) is 18.2 Å². The van der Waals surface area contributed by atoms with Gasteiger partial charge >= 0.3 is 6.03 Å². The van der Waals surface area contributed by atoms with Crippen molar-refractivity contribution in [3.63, 3.8) is 0 Å². The molecule has 0 bridgehead atoms. The lowest BCUT2D eigenvalue weighted by atomic mass is 9.94. The lowest BCUT2D eigenvalue weighted by molar-refractivity contribution is 0.242. The molecule has 4 nitrogen and oxygen atoms in total. The van der Waals surface area contributed by atoms with Crippen LogP contribution >= 0.6 is 0 Å². The fourth-order valence-corrected chi connectivity index (χ4v) is 3.22. The van der Waals surface area contributed by atoms with E-state index in [-0.39, 0.29) is 11.8 Å². The average molecular weight is 326 g/mol. The van der Waals surface area contributed by atoms with E-state index in [9.17, 15) is 9.18 Å². The van der Waals surface area contributed by atoms with Crippen LogP contribution in [0, 0.1) is 11.7 Å². The van der Waals surface area contributed by atoms with Crippen molar-refractivity contribution in [1.29, 1.82) is 0 Å². The Labute approximate surface area is 140 Å². The maximum atomic E-state index is 14.3. The number of benzene rings is 2. The van der Waals surface area contributed by atoms with Crippen LogP contribution < -0.4 is 15.0 Å². The molecule has 1 aliphatic heterocycles. The summed E-state index contributed by atoms with van der Waals surface area (Å²) in [6.45, 7) is 0.704. The Hall–Kier alpha value is -2.56. The van der Waals surface area contributed by atoms with Crippen LogP contribution in [-0.2, 0) is 0 Å². The number of nitrogens with one attached hydrogen (secondary N) is 1. The molecule has 5 heteroatoms. The van der Waals surface area contributed by atoms with E-state index in [1.54, 1.807) is 30.2 Å². The molecule has 1 N–H and O–H groups in total. The molecule has 1 heterocycles. The number of fused-ring (bicyclic) bond motifs is 1. The molecule has 1 saturated carbocycles. The van der Waals surface area contributed by atoms with E-state index >= 15 is 0 Å². The summed E-state index contributed by atoms with van der Waals surface area (Å²) in [6, 6.07) is 11.5. The number of rotatable bonds is 4. The molecule has 2 amide bonds. The zero-order valence-corrected chi connectivity index (χ0v) is 13.5. The number of halogens is 1. The number of carbonyl (C=O) groups is 1. The quantitative estimate of drug-likeness (QED) is 0.927. The van der Waals surface area contributed by atoms with Gasteiger partial charge in [0, 0.05) is 17.7 Å². The number of hydrogen-bond acceptors (Lipinski definition) is 2. The zero-order chi connectivity index (χ0) is 16.7. The van der Waals surface area contributed by atoms with Crippen molar-refractivity contribution >= 4 is 11.7 Å². The van der Waals surface area contributed by atoms with Crippen molar-refractivity contribution in [2.45, 2.75) is 18.9 Å². The highest BCUT2D eigenvalue weighted by molar-refractivity contribution is 5.96. The zero-order valence-electron chi connectivity index (χ0n) is 13.5. The first-order valence-corrected chi connectivity index (χ1v) is 8.18. The van der Waals surface area contributed by atoms with Crippen LogP contribution in [0.1, 0.15) is 30.0 Å². The van der Waals surface area contributed by atoms with Gasteiger partial charge in [-0.25, -0.2) is 9.18 Å². The van der Waals surface area contributed by atoms with E-state index in [4.69, 9.17) is 4.74 Å². The van der Waals surface area contributed by atoms with Crippen molar-refractivity contribution in [2.24, 2.45) is 5.92 Å². The molecule has 1 fully saturated rings. The summed E-state index contributed by atoms with van der Waals surface area (Å²) < 4.78 is 19.6. The molecule has 1 unspecified atom stereocenters. The van der Waals surface area contributed by atoms with Gasteiger partial charge < -0.3 is 10.1 Å². The third-order valence-electron chi connectivity index (χ3n) is 4.70. The van der Waals surface area contributed by atoms with Crippen molar-refractivity contribution in [3.8, 4) is 5.75 Å². The second kappa shape index (κ2) is 5.82. The lowest BCUT2D eigenvalue weighted by Crippen LogP contribution is -2.48. The van der Waals surface area contributed by atoms with E-state index < -0.39 is 6.04 Å². The third-order valence-corrected chi connectivity index (χ3v) is 4.70. The standard InChI is InChI=1S/C19H19FN2O2/c1-24-13-8-9-17-15(10-13)18(14-4-2-3-5-16(14)20)21-19(23)22(17)11-12-6-7-12/h2-5,8-10,12,18H,6-7,11H2,1H3,(H,21,23). The van der Waals surface area contributed by atoms with Gasteiger partial charge in [-0.2, -0.15) is 0 Å².